The lowest BCUT2D eigenvalue weighted by atomic mass is 10.00. The van der Waals surface area contributed by atoms with E-state index in [1.54, 1.807) is 0 Å². The third-order valence-electron chi connectivity index (χ3n) is 4.40. The molecule has 2 aliphatic rings. The first-order valence-electron chi connectivity index (χ1n) is 6.91. The summed E-state index contributed by atoms with van der Waals surface area (Å²) in [5.41, 5.74) is 0.586. The zero-order valence-electron chi connectivity index (χ0n) is 11.3. The summed E-state index contributed by atoms with van der Waals surface area (Å²) in [6.45, 7) is 2.31. The second-order valence-electron chi connectivity index (χ2n) is 5.55. The van der Waals surface area contributed by atoms with Crippen LogP contribution in [0.1, 0.15) is 31.9 Å². The van der Waals surface area contributed by atoms with Crippen molar-refractivity contribution in [1.82, 2.24) is 14.9 Å². The van der Waals surface area contributed by atoms with Gasteiger partial charge in [-0.1, -0.05) is 24.9 Å². The number of hydrogen-bond donors (Lipinski definition) is 0. The maximum atomic E-state index is 12.4. The van der Waals surface area contributed by atoms with Crippen LogP contribution in [0.2, 0.25) is 5.15 Å². The molecule has 2 fully saturated rings. The quantitative estimate of drug-likeness (QED) is 0.800. The average Bonchev–Trinajstić information content (AvgIpc) is 2.97. The van der Waals surface area contributed by atoms with Gasteiger partial charge in [0.25, 0.3) is 0 Å². The van der Waals surface area contributed by atoms with Crippen LogP contribution in [-0.2, 0) is 16.1 Å². The molecule has 0 N–H and O–H groups in total. The van der Waals surface area contributed by atoms with E-state index in [-0.39, 0.29) is 30.2 Å². The predicted molar refractivity (Wildman–Crippen MR) is 72.6 cm³/mol. The second kappa shape index (κ2) is 5.13. The highest BCUT2D eigenvalue weighted by atomic mass is 35.5. The molecule has 2 unspecified atom stereocenters. The lowest BCUT2D eigenvalue weighted by Gasteiger charge is -2.16. The van der Waals surface area contributed by atoms with E-state index >= 15 is 0 Å². The number of carbonyl (C=O) groups is 2. The monoisotopic (exact) mass is 293 g/mol. The number of rotatable bonds is 3. The molecule has 0 radical (unpaired) electrons. The number of hydrogen-bond acceptors (Lipinski definition) is 4. The molecule has 3 rings (SSSR count). The van der Waals surface area contributed by atoms with Gasteiger partial charge in [0.15, 0.2) is 0 Å². The summed E-state index contributed by atoms with van der Waals surface area (Å²) >= 11 is 5.67. The largest absolute Gasteiger partial charge is 0.276 e. The molecule has 6 heteroatoms. The normalized spacial score (nSPS) is 29.1. The smallest absolute Gasteiger partial charge is 0.233 e. The highest BCUT2D eigenvalue weighted by Crippen LogP contribution is 2.44. The molecule has 0 spiro atoms. The van der Waals surface area contributed by atoms with E-state index in [4.69, 9.17) is 11.6 Å². The number of imide groups is 1. The number of likely N-dealkylation sites (tertiary alicyclic amines) is 1. The number of amides is 2. The Balaban J connectivity index is 1.75. The number of fused-ring (bicyclic) bond motifs is 1. The Hall–Kier alpha value is -1.49. The lowest BCUT2D eigenvalue weighted by Crippen LogP contribution is -2.32. The number of aromatic nitrogens is 2. The Morgan fingerprint density at radius 3 is 2.35 bits per heavy atom. The van der Waals surface area contributed by atoms with Gasteiger partial charge >= 0.3 is 0 Å². The molecular formula is C14H16ClN3O2. The summed E-state index contributed by atoms with van der Waals surface area (Å²) in [6, 6.07) is 0. The van der Waals surface area contributed by atoms with Crippen molar-refractivity contribution >= 4 is 23.4 Å². The van der Waals surface area contributed by atoms with Crippen molar-refractivity contribution in [3.05, 3.63) is 23.2 Å². The molecule has 2 heterocycles. The van der Waals surface area contributed by atoms with Crippen molar-refractivity contribution in [3.8, 4) is 0 Å². The minimum Gasteiger partial charge on any atom is -0.276 e. The fourth-order valence-electron chi connectivity index (χ4n) is 3.27. The molecule has 5 nitrogen and oxygen atoms in total. The van der Waals surface area contributed by atoms with Crippen molar-refractivity contribution < 1.29 is 9.59 Å². The highest BCUT2D eigenvalue weighted by molar-refractivity contribution is 6.29. The topological polar surface area (TPSA) is 63.2 Å². The molecule has 2 atom stereocenters. The summed E-state index contributed by atoms with van der Waals surface area (Å²) in [6.07, 6.45) is 5.65. The van der Waals surface area contributed by atoms with Crippen LogP contribution in [0.4, 0.5) is 0 Å². The summed E-state index contributed by atoms with van der Waals surface area (Å²) < 4.78 is 0. The summed E-state index contributed by atoms with van der Waals surface area (Å²) in [5, 5.41) is 0.301. The Morgan fingerprint density at radius 2 is 1.85 bits per heavy atom. The first kappa shape index (κ1) is 13.5. The van der Waals surface area contributed by atoms with E-state index in [0.717, 1.165) is 19.3 Å². The van der Waals surface area contributed by atoms with Gasteiger partial charge in [0.2, 0.25) is 11.8 Å². The van der Waals surface area contributed by atoms with Gasteiger partial charge in [-0.05, 0) is 18.8 Å². The van der Waals surface area contributed by atoms with Crippen LogP contribution in [0, 0.1) is 17.8 Å². The Bertz CT molecular complexity index is 522. The fourth-order valence-corrected chi connectivity index (χ4v) is 3.37. The standard InChI is InChI=1S/C14H16ClN3O2/c1-2-8-3-10-11(4-8)14(20)18(13(10)19)7-9-5-17-12(15)6-16-9/h5-6,8,10-11H,2-4,7H2,1H3. The molecule has 2 amide bonds. The van der Waals surface area contributed by atoms with E-state index in [2.05, 4.69) is 16.9 Å². The highest BCUT2D eigenvalue weighted by Gasteiger charge is 2.52. The SMILES string of the molecule is CCC1CC2C(=O)N(Cc3cnc(Cl)cn3)C(=O)C2C1. The molecule has 0 bridgehead atoms. The second-order valence-corrected chi connectivity index (χ2v) is 5.94. The van der Waals surface area contributed by atoms with Crippen molar-refractivity contribution in [1.29, 1.82) is 0 Å². The molecule has 1 aromatic heterocycles. The molecule has 106 valence electrons. The molecule has 1 saturated heterocycles. The summed E-state index contributed by atoms with van der Waals surface area (Å²) in [4.78, 5) is 34.1. The fraction of sp³-hybridized carbons (Fsp3) is 0.571. The van der Waals surface area contributed by atoms with Crippen molar-refractivity contribution in [3.63, 3.8) is 0 Å². The lowest BCUT2D eigenvalue weighted by molar-refractivity contribution is -0.141. The van der Waals surface area contributed by atoms with E-state index in [1.807, 2.05) is 0 Å². The van der Waals surface area contributed by atoms with Gasteiger partial charge in [-0.15, -0.1) is 0 Å². The zero-order chi connectivity index (χ0) is 14.3. The summed E-state index contributed by atoms with van der Waals surface area (Å²) in [5.74, 6) is 0.177. The molecule has 1 aliphatic heterocycles. The van der Waals surface area contributed by atoms with Crippen molar-refractivity contribution in [2.75, 3.05) is 0 Å². The maximum absolute atomic E-state index is 12.4. The van der Waals surface area contributed by atoms with E-state index in [9.17, 15) is 9.59 Å². The molecular weight excluding hydrogens is 278 g/mol. The number of nitrogens with zero attached hydrogens (tertiary/aromatic N) is 3. The molecule has 20 heavy (non-hydrogen) atoms. The predicted octanol–water partition coefficient (Wildman–Crippen LogP) is 2.05. The van der Waals surface area contributed by atoms with Crippen LogP contribution in [0.5, 0.6) is 0 Å². The van der Waals surface area contributed by atoms with Crippen LogP contribution in [0.3, 0.4) is 0 Å². The van der Waals surface area contributed by atoms with Gasteiger partial charge in [-0.25, -0.2) is 4.98 Å². The first-order valence-corrected chi connectivity index (χ1v) is 7.29. The van der Waals surface area contributed by atoms with Gasteiger partial charge in [-0.2, -0.15) is 0 Å². The minimum absolute atomic E-state index is 0.0484. The molecule has 1 aliphatic carbocycles. The Kier molecular flexibility index (Phi) is 3.46. The van der Waals surface area contributed by atoms with Crippen LogP contribution in [-0.4, -0.2) is 26.7 Å². The molecule has 0 aromatic carbocycles. The Morgan fingerprint density at radius 1 is 1.20 bits per heavy atom. The van der Waals surface area contributed by atoms with Crippen LogP contribution in [0.15, 0.2) is 12.4 Å². The first-order chi connectivity index (χ1) is 9.60. The maximum Gasteiger partial charge on any atom is 0.233 e. The van der Waals surface area contributed by atoms with Gasteiger partial charge < -0.3 is 0 Å². The molecule has 1 aromatic rings. The van der Waals surface area contributed by atoms with Crippen molar-refractivity contribution in [2.45, 2.75) is 32.7 Å². The third kappa shape index (κ3) is 2.20. The zero-order valence-corrected chi connectivity index (χ0v) is 12.0. The third-order valence-corrected chi connectivity index (χ3v) is 4.59. The van der Waals surface area contributed by atoms with Crippen LogP contribution in [0.25, 0.3) is 0 Å². The van der Waals surface area contributed by atoms with Gasteiger partial charge in [0.1, 0.15) is 5.15 Å². The minimum atomic E-state index is -0.118. The van der Waals surface area contributed by atoms with Crippen molar-refractivity contribution in [2.24, 2.45) is 17.8 Å². The van der Waals surface area contributed by atoms with Gasteiger partial charge in [-0.3, -0.25) is 19.5 Å². The average molecular weight is 294 g/mol. The van der Waals surface area contributed by atoms with E-state index in [0.29, 0.717) is 16.8 Å². The molecule has 1 saturated carbocycles. The number of halogens is 1. The summed E-state index contributed by atoms with van der Waals surface area (Å²) in [7, 11) is 0. The van der Waals surface area contributed by atoms with E-state index < -0.39 is 0 Å². The van der Waals surface area contributed by atoms with E-state index in [1.165, 1.54) is 17.3 Å². The number of carbonyl (C=O) groups excluding carboxylic acids is 2. The van der Waals surface area contributed by atoms with Crippen LogP contribution >= 0.6 is 11.6 Å². The van der Waals surface area contributed by atoms with Crippen LogP contribution < -0.4 is 0 Å². The van der Waals surface area contributed by atoms with Gasteiger partial charge in [0, 0.05) is 0 Å². The Labute approximate surface area is 122 Å². The van der Waals surface area contributed by atoms with Gasteiger partial charge in [0.05, 0.1) is 36.5 Å².